The van der Waals surface area contributed by atoms with Gasteiger partial charge < -0.3 is 10.3 Å². The molecule has 0 spiro atoms. The Labute approximate surface area is 128 Å². The number of rotatable bonds is 3. The van der Waals surface area contributed by atoms with E-state index < -0.39 is 0 Å². The van der Waals surface area contributed by atoms with Gasteiger partial charge in [0.1, 0.15) is 0 Å². The molecule has 0 atom stereocenters. The van der Waals surface area contributed by atoms with Crippen molar-refractivity contribution in [2.24, 2.45) is 0 Å². The molecule has 0 bridgehead atoms. The minimum absolute atomic E-state index is 0.220. The zero-order chi connectivity index (χ0) is 15.7. The van der Waals surface area contributed by atoms with E-state index in [1.807, 2.05) is 0 Å². The smallest absolute Gasteiger partial charge is 0.272 e. The van der Waals surface area contributed by atoms with E-state index in [0.717, 1.165) is 16.8 Å². The lowest BCUT2D eigenvalue weighted by Gasteiger charge is -2.07. The first-order chi connectivity index (χ1) is 10.6. The number of nitrogens with zero attached hydrogens (tertiary/aromatic N) is 2. The molecule has 3 aromatic rings. The number of aromatic amines is 1. The van der Waals surface area contributed by atoms with E-state index in [4.69, 9.17) is 0 Å². The molecule has 22 heavy (non-hydrogen) atoms. The number of hydrogen-bond acceptors (Lipinski definition) is 3. The van der Waals surface area contributed by atoms with Gasteiger partial charge in [0.2, 0.25) is 0 Å². The number of H-pyrrole nitrogens is 1. The van der Waals surface area contributed by atoms with Gasteiger partial charge in [-0.1, -0.05) is 11.6 Å². The van der Waals surface area contributed by atoms with Crippen LogP contribution in [0, 0.1) is 20.8 Å². The molecule has 0 aliphatic carbocycles. The van der Waals surface area contributed by atoms with Crippen molar-refractivity contribution in [2.75, 3.05) is 0 Å². The molecule has 5 nitrogen and oxygen atoms in total. The van der Waals surface area contributed by atoms with Crippen LogP contribution in [0.25, 0.3) is 10.9 Å². The molecule has 0 fully saturated rings. The molecule has 112 valence electrons. The van der Waals surface area contributed by atoms with E-state index >= 15 is 0 Å². The van der Waals surface area contributed by atoms with Crippen molar-refractivity contribution in [3.63, 3.8) is 0 Å². The summed E-state index contributed by atoms with van der Waals surface area (Å²) in [6, 6.07) is 7.61. The summed E-state index contributed by atoms with van der Waals surface area (Å²) in [5.74, 6) is -0.220. The highest BCUT2D eigenvalue weighted by atomic mass is 16.1. The van der Waals surface area contributed by atoms with Gasteiger partial charge in [0.05, 0.1) is 5.52 Å². The Kier molecular flexibility index (Phi) is 3.63. The third kappa shape index (κ3) is 2.57. The van der Waals surface area contributed by atoms with E-state index in [9.17, 15) is 4.79 Å². The zero-order valence-electron chi connectivity index (χ0n) is 12.9. The zero-order valence-corrected chi connectivity index (χ0v) is 12.9. The first kappa shape index (κ1) is 14.3. The Bertz CT molecular complexity index is 837. The molecule has 2 N–H and O–H groups in total. The minimum Gasteiger partial charge on any atom is -0.358 e. The van der Waals surface area contributed by atoms with Crippen LogP contribution in [-0.2, 0) is 6.54 Å². The highest BCUT2D eigenvalue weighted by molar-refractivity contribution is 5.93. The summed E-state index contributed by atoms with van der Waals surface area (Å²) >= 11 is 0. The molecule has 0 radical (unpaired) electrons. The number of carbonyl (C=O) groups is 1. The van der Waals surface area contributed by atoms with Gasteiger partial charge >= 0.3 is 0 Å². The van der Waals surface area contributed by atoms with E-state index in [1.54, 1.807) is 18.3 Å². The maximum absolute atomic E-state index is 12.1. The van der Waals surface area contributed by atoms with Gasteiger partial charge in [0.25, 0.3) is 5.91 Å². The number of benzene rings is 1. The third-order valence-electron chi connectivity index (χ3n) is 3.89. The minimum atomic E-state index is -0.220. The predicted molar refractivity (Wildman–Crippen MR) is 85.7 cm³/mol. The quantitative estimate of drug-likeness (QED) is 0.780. The molecule has 0 aliphatic heterocycles. The fourth-order valence-electron chi connectivity index (χ4n) is 2.62. The van der Waals surface area contributed by atoms with Crippen molar-refractivity contribution < 1.29 is 4.79 Å². The summed E-state index contributed by atoms with van der Waals surface area (Å²) < 4.78 is 0. The van der Waals surface area contributed by atoms with Crippen molar-refractivity contribution in [1.82, 2.24) is 20.5 Å². The monoisotopic (exact) mass is 294 g/mol. The predicted octanol–water partition coefficient (Wildman–Crippen LogP) is 2.81. The van der Waals surface area contributed by atoms with Crippen molar-refractivity contribution in [1.29, 1.82) is 0 Å². The maximum atomic E-state index is 12.1. The van der Waals surface area contributed by atoms with Crippen LogP contribution in [0.3, 0.4) is 0 Å². The lowest BCUT2D eigenvalue weighted by Crippen LogP contribution is -2.24. The normalized spacial score (nSPS) is 10.9. The van der Waals surface area contributed by atoms with Crippen molar-refractivity contribution in [3.8, 4) is 0 Å². The van der Waals surface area contributed by atoms with Gasteiger partial charge in [-0.3, -0.25) is 4.79 Å². The standard InChI is InChI=1S/C17H18N4O/c1-10-7-13(16-14(8-10)11(2)12(3)20-16)9-18-17(22)15-5-4-6-19-21-15/h4-8,20H,9H2,1-3H3,(H,18,22). The van der Waals surface area contributed by atoms with Gasteiger partial charge in [-0.05, 0) is 50.1 Å². The average molecular weight is 294 g/mol. The highest BCUT2D eigenvalue weighted by Crippen LogP contribution is 2.26. The number of fused-ring (bicyclic) bond motifs is 1. The Morgan fingerprint density at radius 2 is 2.09 bits per heavy atom. The summed E-state index contributed by atoms with van der Waals surface area (Å²) in [6.07, 6.45) is 1.55. The van der Waals surface area contributed by atoms with Crippen LogP contribution in [0.1, 0.15) is 32.9 Å². The van der Waals surface area contributed by atoms with Crippen LogP contribution < -0.4 is 5.32 Å². The van der Waals surface area contributed by atoms with Crippen LogP contribution in [0.4, 0.5) is 0 Å². The Morgan fingerprint density at radius 1 is 1.27 bits per heavy atom. The first-order valence-corrected chi connectivity index (χ1v) is 7.20. The van der Waals surface area contributed by atoms with E-state index in [2.05, 4.69) is 53.4 Å². The van der Waals surface area contributed by atoms with Crippen LogP contribution in [0.2, 0.25) is 0 Å². The molecule has 1 amide bonds. The maximum Gasteiger partial charge on any atom is 0.272 e. The van der Waals surface area contributed by atoms with Gasteiger partial charge in [-0.2, -0.15) is 5.10 Å². The second-order valence-electron chi connectivity index (χ2n) is 5.51. The van der Waals surface area contributed by atoms with Crippen LogP contribution in [0.5, 0.6) is 0 Å². The molecule has 2 heterocycles. The van der Waals surface area contributed by atoms with Crippen molar-refractivity contribution in [2.45, 2.75) is 27.3 Å². The largest absolute Gasteiger partial charge is 0.358 e. The van der Waals surface area contributed by atoms with Crippen molar-refractivity contribution in [3.05, 3.63) is 58.5 Å². The lowest BCUT2D eigenvalue weighted by molar-refractivity contribution is 0.0945. The average Bonchev–Trinajstić information content (AvgIpc) is 2.81. The molecule has 0 aliphatic rings. The van der Waals surface area contributed by atoms with E-state index in [-0.39, 0.29) is 5.91 Å². The summed E-state index contributed by atoms with van der Waals surface area (Å²) in [5, 5.41) is 11.7. The number of hydrogen-bond donors (Lipinski definition) is 2. The van der Waals surface area contributed by atoms with E-state index in [1.165, 1.54) is 16.5 Å². The number of nitrogens with one attached hydrogen (secondary N) is 2. The summed E-state index contributed by atoms with van der Waals surface area (Å²) in [4.78, 5) is 15.5. The number of amides is 1. The molecule has 3 rings (SSSR count). The molecule has 2 aromatic heterocycles. The highest BCUT2D eigenvalue weighted by Gasteiger charge is 2.11. The number of aryl methyl sites for hydroxylation is 3. The van der Waals surface area contributed by atoms with Crippen LogP contribution in [-0.4, -0.2) is 21.1 Å². The molecule has 5 heteroatoms. The second-order valence-corrected chi connectivity index (χ2v) is 5.51. The van der Waals surface area contributed by atoms with Gasteiger partial charge in [0, 0.05) is 23.8 Å². The molecule has 0 saturated carbocycles. The van der Waals surface area contributed by atoms with Crippen LogP contribution in [0.15, 0.2) is 30.5 Å². The third-order valence-corrected chi connectivity index (χ3v) is 3.89. The fourth-order valence-corrected chi connectivity index (χ4v) is 2.62. The second kappa shape index (κ2) is 5.60. The topological polar surface area (TPSA) is 70.7 Å². The first-order valence-electron chi connectivity index (χ1n) is 7.20. The molecular formula is C17H18N4O. The lowest BCUT2D eigenvalue weighted by atomic mass is 10.0. The molecule has 0 unspecified atom stereocenters. The summed E-state index contributed by atoms with van der Waals surface area (Å²) in [6.45, 7) is 6.68. The molecular weight excluding hydrogens is 276 g/mol. The van der Waals surface area contributed by atoms with Crippen molar-refractivity contribution >= 4 is 16.8 Å². The fraction of sp³-hybridized carbons (Fsp3) is 0.235. The number of carbonyl (C=O) groups excluding carboxylic acids is 1. The summed E-state index contributed by atoms with van der Waals surface area (Å²) in [5.41, 5.74) is 6.06. The number of aromatic nitrogens is 3. The van der Waals surface area contributed by atoms with Gasteiger partial charge in [-0.25, -0.2) is 0 Å². The SMILES string of the molecule is Cc1cc(CNC(=O)c2cccnn2)c2[nH]c(C)c(C)c2c1. The van der Waals surface area contributed by atoms with Crippen LogP contribution >= 0.6 is 0 Å². The van der Waals surface area contributed by atoms with Gasteiger partial charge in [-0.15, -0.1) is 5.10 Å². The van der Waals surface area contributed by atoms with Gasteiger partial charge in [0.15, 0.2) is 5.69 Å². The Balaban J connectivity index is 1.88. The molecule has 0 saturated heterocycles. The Morgan fingerprint density at radius 3 is 2.82 bits per heavy atom. The van der Waals surface area contributed by atoms with E-state index in [0.29, 0.717) is 12.2 Å². The summed E-state index contributed by atoms with van der Waals surface area (Å²) in [7, 11) is 0. The Hall–Kier alpha value is -2.69. The molecule has 1 aromatic carbocycles.